The summed E-state index contributed by atoms with van der Waals surface area (Å²) in [4.78, 5) is 10.2. The largest absolute Gasteiger partial charge is 0.494 e. The molecule has 5 nitrogen and oxygen atoms in total. The maximum atomic E-state index is 13.3. The molecule has 0 aliphatic rings. The van der Waals surface area contributed by atoms with Gasteiger partial charge >= 0.3 is 5.97 Å². The number of halogens is 1. The minimum Gasteiger partial charge on any atom is -0.494 e. The molecule has 0 saturated carbocycles. The molecular weight excluding hydrogens is 229 g/mol. The number of hydrogen-bond donors (Lipinski definition) is 2. The van der Waals surface area contributed by atoms with Crippen LogP contribution in [-0.2, 0) is 9.53 Å². The van der Waals surface area contributed by atoms with E-state index in [1.54, 1.807) is 6.07 Å². The summed E-state index contributed by atoms with van der Waals surface area (Å²) in [7, 11) is 1.37. The molecule has 0 bridgehead atoms. The van der Waals surface area contributed by atoms with E-state index < -0.39 is 24.4 Å². The Labute approximate surface area is 97.9 Å². The van der Waals surface area contributed by atoms with E-state index in [-0.39, 0.29) is 12.4 Å². The van der Waals surface area contributed by atoms with Gasteiger partial charge in [-0.3, -0.25) is 0 Å². The summed E-state index contributed by atoms with van der Waals surface area (Å²) in [6.45, 7) is -0.412. The van der Waals surface area contributed by atoms with Gasteiger partial charge in [-0.2, -0.15) is 0 Å². The van der Waals surface area contributed by atoms with Crippen molar-refractivity contribution in [3.8, 4) is 5.75 Å². The lowest BCUT2D eigenvalue weighted by atomic mass is 10.1. The molecule has 17 heavy (non-hydrogen) atoms. The van der Waals surface area contributed by atoms with Crippen molar-refractivity contribution >= 4 is 5.97 Å². The quantitative estimate of drug-likeness (QED) is 0.776. The van der Waals surface area contributed by atoms with Gasteiger partial charge in [0.2, 0.25) is 0 Å². The van der Waals surface area contributed by atoms with E-state index >= 15 is 0 Å². The Morgan fingerprint density at radius 2 is 2.29 bits per heavy atom. The fraction of sp³-hybridized carbons (Fsp3) is 0.364. The van der Waals surface area contributed by atoms with Gasteiger partial charge in [-0.1, -0.05) is 6.07 Å². The number of methoxy groups -OCH3 is 1. The fourth-order valence-corrected chi connectivity index (χ4v) is 1.28. The predicted octanol–water partition coefficient (Wildman–Crippen LogP) is 0.935. The Kier molecular flexibility index (Phi) is 4.86. The van der Waals surface area contributed by atoms with E-state index in [4.69, 9.17) is 20.3 Å². The van der Waals surface area contributed by atoms with Gasteiger partial charge in [-0.25, -0.2) is 9.18 Å². The number of carboxylic acids is 1. The molecule has 0 aliphatic carbocycles. The number of hydrogen-bond acceptors (Lipinski definition) is 4. The number of ether oxygens (including phenoxy) is 2. The van der Waals surface area contributed by atoms with Gasteiger partial charge in [-0.05, 0) is 17.7 Å². The van der Waals surface area contributed by atoms with Crippen molar-refractivity contribution in [3.63, 3.8) is 0 Å². The molecule has 1 aromatic rings. The Balaban J connectivity index is 2.59. The Morgan fingerprint density at radius 3 is 2.82 bits per heavy atom. The van der Waals surface area contributed by atoms with E-state index in [2.05, 4.69) is 0 Å². The number of carboxylic acid groups (broad SMARTS) is 1. The molecule has 0 aliphatic heterocycles. The monoisotopic (exact) mass is 243 g/mol. The van der Waals surface area contributed by atoms with Crippen LogP contribution < -0.4 is 10.5 Å². The number of aliphatic carboxylic acids is 1. The van der Waals surface area contributed by atoms with Crippen molar-refractivity contribution < 1.29 is 23.8 Å². The Bertz CT molecular complexity index is 397. The first-order chi connectivity index (χ1) is 8.04. The molecule has 0 spiro atoms. The van der Waals surface area contributed by atoms with Crippen LogP contribution in [0, 0.1) is 5.82 Å². The highest BCUT2D eigenvalue weighted by Gasteiger charge is 2.10. The second-order valence-corrected chi connectivity index (χ2v) is 3.41. The first-order valence-electron chi connectivity index (χ1n) is 4.93. The first-order valence-corrected chi connectivity index (χ1v) is 4.93. The second-order valence-electron chi connectivity index (χ2n) is 3.41. The SMILES string of the molecule is COc1ccc(C(N)COCC(=O)O)cc1F. The summed E-state index contributed by atoms with van der Waals surface area (Å²) in [5, 5.41) is 8.37. The smallest absolute Gasteiger partial charge is 0.329 e. The molecule has 0 aromatic heterocycles. The highest BCUT2D eigenvalue weighted by Crippen LogP contribution is 2.20. The van der Waals surface area contributed by atoms with Crippen LogP contribution in [0.15, 0.2) is 18.2 Å². The third-order valence-electron chi connectivity index (χ3n) is 2.13. The summed E-state index contributed by atoms with van der Waals surface area (Å²) in [5.74, 6) is -1.45. The van der Waals surface area contributed by atoms with Crippen molar-refractivity contribution in [2.75, 3.05) is 20.3 Å². The number of nitrogens with two attached hydrogens (primary N) is 1. The first kappa shape index (κ1) is 13.4. The van der Waals surface area contributed by atoms with Crippen LogP contribution in [0.4, 0.5) is 4.39 Å². The van der Waals surface area contributed by atoms with Crippen molar-refractivity contribution in [2.24, 2.45) is 5.73 Å². The normalized spacial score (nSPS) is 12.2. The number of benzene rings is 1. The minimum absolute atomic E-state index is 0.0120. The molecule has 6 heteroatoms. The zero-order chi connectivity index (χ0) is 12.8. The summed E-state index contributed by atoms with van der Waals surface area (Å²) >= 11 is 0. The van der Waals surface area contributed by atoms with Crippen LogP contribution in [0.25, 0.3) is 0 Å². The molecule has 1 rings (SSSR count). The number of carbonyl (C=O) groups is 1. The number of rotatable bonds is 6. The average molecular weight is 243 g/mol. The third kappa shape index (κ3) is 4.01. The third-order valence-corrected chi connectivity index (χ3v) is 2.13. The molecule has 94 valence electrons. The summed E-state index contributed by atoms with van der Waals surface area (Å²) in [6.07, 6.45) is 0. The van der Waals surface area contributed by atoms with Crippen LogP contribution in [0.5, 0.6) is 5.75 Å². The molecule has 1 unspecified atom stereocenters. The maximum Gasteiger partial charge on any atom is 0.329 e. The molecular formula is C11H14FNO4. The summed E-state index contributed by atoms with van der Waals surface area (Å²) in [5.41, 5.74) is 6.24. The zero-order valence-corrected chi connectivity index (χ0v) is 9.35. The van der Waals surface area contributed by atoms with Crippen LogP contribution in [-0.4, -0.2) is 31.4 Å². The van der Waals surface area contributed by atoms with Crippen molar-refractivity contribution in [1.82, 2.24) is 0 Å². The van der Waals surface area contributed by atoms with Gasteiger partial charge in [0, 0.05) is 0 Å². The molecule has 1 aromatic carbocycles. The van der Waals surface area contributed by atoms with Gasteiger partial charge in [0.05, 0.1) is 19.8 Å². The van der Waals surface area contributed by atoms with Gasteiger partial charge < -0.3 is 20.3 Å². The van der Waals surface area contributed by atoms with Crippen LogP contribution in [0.2, 0.25) is 0 Å². The van der Waals surface area contributed by atoms with E-state index in [0.29, 0.717) is 5.56 Å². The Morgan fingerprint density at radius 1 is 1.59 bits per heavy atom. The van der Waals surface area contributed by atoms with Gasteiger partial charge in [0.15, 0.2) is 11.6 Å². The summed E-state index contributed by atoms with van der Waals surface area (Å²) < 4.78 is 22.9. The van der Waals surface area contributed by atoms with Crippen molar-refractivity contribution in [3.05, 3.63) is 29.6 Å². The van der Waals surface area contributed by atoms with Gasteiger partial charge in [0.25, 0.3) is 0 Å². The standard InChI is InChI=1S/C11H14FNO4/c1-16-10-3-2-7(4-8(10)12)9(13)5-17-6-11(14)15/h2-4,9H,5-6,13H2,1H3,(H,14,15). The predicted molar refractivity (Wildman–Crippen MR) is 58.3 cm³/mol. The maximum absolute atomic E-state index is 13.3. The second kappa shape index (κ2) is 6.17. The van der Waals surface area contributed by atoms with Crippen molar-refractivity contribution in [2.45, 2.75) is 6.04 Å². The van der Waals surface area contributed by atoms with E-state index in [9.17, 15) is 9.18 Å². The lowest BCUT2D eigenvalue weighted by molar-refractivity contribution is -0.142. The highest BCUT2D eigenvalue weighted by molar-refractivity contribution is 5.67. The van der Waals surface area contributed by atoms with E-state index in [1.807, 2.05) is 0 Å². The minimum atomic E-state index is -1.07. The molecule has 3 N–H and O–H groups in total. The molecule has 0 saturated heterocycles. The van der Waals surface area contributed by atoms with Crippen LogP contribution in [0.1, 0.15) is 11.6 Å². The van der Waals surface area contributed by atoms with Crippen LogP contribution >= 0.6 is 0 Å². The highest BCUT2D eigenvalue weighted by atomic mass is 19.1. The summed E-state index contributed by atoms with van der Waals surface area (Å²) in [6, 6.07) is 3.74. The Hall–Kier alpha value is -1.66. The lowest BCUT2D eigenvalue weighted by Gasteiger charge is -2.12. The van der Waals surface area contributed by atoms with Gasteiger partial charge in [-0.15, -0.1) is 0 Å². The van der Waals surface area contributed by atoms with Crippen molar-refractivity contribution in [1.29, 1.82) is 0 Å². The molecule has 1 atom stereocenters. The molecule has 0 heterocycles. The van der Waals surface area contributed by atoms with E-state index in [1.165, 1.54) is 19.2 Å². The fourth-order valence-electron chi connectivity index (χ4n) is 1.28. The molecule has 0 radical (unpaired) electrons. The zero-order valence-electron chi connectivity index (χ0n) is 9.35. The topological polar surface area (TPSA) is 81.8 Å². The molecule has 0 fully saturated rings. The van der Waals surface area contributed by atoms with E-state index in [0.717, 1.165) is 0 Å². The lowest BCUT2D eigenvalue weighted by Crippen LogP contribution is -2.19. The average Bonchev–Trinajstić information content (AvgIpc) is 2.28. The van der Waals surface area contributed by atoms with Gasteiger partial charge in [0.1, 0.15) is 6.61 Å². The van der Waals surface area contributed by atoms with Crippen LogP contribution in [0.3, 0.4) is 0 Å². The molecule has 0 amide bonds.